The van der Waals surface area contributed by atoms with Crippen LogP contribution in [0.1, 0.15) is 27.9 Å². The van der Waals surface area contributed by atoms with Gasteiger partial charge in [0.15, 0.2) is 0 Å². The zero-order valence-corrected chi connectivity index (χ0v) is 15.2. The van der Waals surface area contributed by atoms with Gasteiger partial charge in [-0.2, -0.15) is 0 Å². The Kier molecular flexibility index (Phi) is 5.11. The first kappa shape index (κ1) is 17.9. The van der Waals surface area contributed by atoms with E-state index in [0.717, 1.165) is 22.4 Å². The van der Waals surface area contributed by atoms with Crippen molar-refractivity contribution in [2.24, 2.45) is 4.99 Å². The molecule has 4 heteroatoms. The Morgan fingerprint density at radius 3 is 2.25 bits per heavy atom. The molecule has 3 aromatic carbocycles. The lowest BCUT2D eigenvalue weighted by atomic mass is 9.99. The van der Waals surface area contributed by atoms with Gasteiger partial charge in [0.1, 0.15) is 11.7 Å². The van der Waals surface area contributed by atoms with Crippen LogP contribution in [0.3, 0.4) is 0 Å². The average Bonchev–Trinajstić information content (AvgIpc) is 3.11. The van der Waals surface area contributed by atoms with Gasteiger partial charge in [-0.05, 0) is 28.8 Å². The molecular formula is C24H19FN2O. The third-order valence-electron chi connectivity index (χ3n) is 4.68. The van der Waals surface area contributed by atoms with Gasteiger partial charge in [-0.3, -0.25) is 4.79 Å². The fraction of sp³-hybridized carbons (Fsp3) is 0.0833. The van der Waals surface area contributed by atoms with E-state index in [1.165, 1.54) is 12.1 Å². The summed E-state index contributed by atoms with van der Waals surface area (Å²) in [7, 11) is 0. The molecular weight excluding hydrogens is 351 g/mol. The van der Waals surface area contributed by atoms with Gasteiger partial charge in [-0.1, -0.05) is 72.8 Å². The van der Waals surface area contributed by atoms with Gasteiger partial charge in [-0.15, -0.1) is 0 Å². The minimum Gasteiger partial charge on any atom is -0.310 e. The van der Waals surface area contributed by atoms with E-state index in [4.69, 9.17) is 0 Å². The number of hydrogen-bond acceptors (Lipinski definition) is 2. The molecule has 1 aliphatic rings. The molecule has 0 spiro atoms. The molecule has 0 atom stereocenters. The molecule has 1 N–H and O–H groups in total. The van der Waals surface area contributed by atoms with Crippen molar-refractivity contribution in [2.75, 3.05) is 0 Å². The molecule has 1 heterocycles. The molecule has 1 aliphatic heterocycles. The van der Waals surface area contributed by atoms with E-state index < -0.39 is 11.7 Å². The Bertz CT molecular complexity index is 1060. The second-order valence-electron chi connectivity index (χ2n) is 6.62. The molecule has 4 rings (SSSR count). The second-order valence-corrected chi connectivity index (χ2v) is 6.62. The number of hydrogen-bond donors (Lipinski definition) is 1. The van der Waals surface area contributed by atoms with Crippen molar-refractivity contribution in [2.45, 2.75) is 12.8 Å². The van der Waals surface area contributed by atoms with Gasteiger partial charge in [0.05, 0.1) is 11.3 Å². The number of nitrogens with one attached hydrogen (secondary N) is 1. The molecule has 0 saturated carbocycles. The number of amides is 1. The summed E-state index contributed by atoms with van der Waals surface area (Å²) in [6, 6.07) is 26.1. The number of benzene rings is 3. The third kappa shape index (κ3) is 3.91. The van der Waals surface area contributed by atoms with Crippen molar-refractivity contribution >= 4 is 17.3 Å². The van der Waals surface area contributed by atoms with Crippen LogP contribution in [-0.4, -0.2) is 11.7 Å². The maximum Gasteiger partial charge on any atom is 0.259 e. The highest BCUT2D eigenvalue weighted by Gasteiger charge is 2.22. The molecule has 0 fully saturated rings. The summed E-state index contributed by atoms with van der Waals surface area (Å²) >= 11 is 0. The van der Waals surface area contributed by atoms with Crippen LogP contribution in [0.25, 0.3) is 5.57 Å². The number of amidine groups is 1. The first-order valence-electron chi connectivity index (χ1n) is 9.15. The molecule has 0 unspecified atom stereocenters. The molecule has 0 saturated heterocycles. The molecule has 3 aromatic rings. The van der Waals surface area contributed by atoms with Crippen molar-refractivity contribution in [1.82, 2.24) is 5.32 Å². The van der Waals surface area contributed by atoms with Crippen LogP contribution in [0.5, 0.6) is 0 Å². The zero-order valence-electron chi connectivity index (χ0n) is 15.2. The van der Waals surface area contributed by atoms with Crippen LogP contribution < -0.4 is 5.32 Å². The van der Waals surface area contributed by atoms with E-state index in [9.17, 15) is 9.18 Å². The Morgan fingerprint density at radius 2 is 1.54 bits per heavy atom. The van der Waals surface area contributed by atoms with E-state index >= 15 is 0 Å². The number of carbonyl (C=O) groups is 1. The fourth-order valence-electron chi connectivity index (χ4n) is 3.30. The Balaban J connectivity index is 1.60. The average molecular weight is 370 g/mol. The highest BCUT2D eigenvalue weighted by molar-refractivity contribution is 6.11. The number of nitrogens with zero attached hydrogens (tertiary/aromatic N) is 1. The molecule has 1 amide bonds. The molecule has 0 radical (unpaired) electrons. The lowest BCUT2D eigenvalue weighted by Gasteiger charge is -2.07. The van der Waals surface area contributed by atoms with Crippen molar-refractivity contribution in [1.29, 1.82) is 0 Å². The van der Waals surface area contributed by atoms with Gasteiger partial charge in [-0.25, -0.2) is 9.38 Å². The van der Waals surface area contributed by atoms with Crippen molar-refractivity contribution in [3.63, 3.8) is 0 Å². The molecule has 138 valence electrons. The number of allylic oxidation sites excluding steroid dienone is 1. The Labute approximate surface area is 163 Å². The monoisotopic (exact) mass is 370 g/mol. The minimum atomic E-state index is -0.542. The predicted molar refractivity (Wildman–Crippen MR) is 109 cm³/mol. The largest absolute Gasteiger partial charge is 0.310 e. The van der Waals surface area contributed by atoms with Crippen molar-refractivity contribution in [3.8, 4) is 0 Å². The van der Waals surface area contributed by atoms with E-state index in [2.05, 4.69) is 22.4 Å². The zero-order chi connectivity index (χ0) is 19.3. The van der Waals surface area contributed by atoms with E-state index in [1.807, 2.05) is 48.5 Å². The van der Waals surface area contributed by atoms with Crippen LogP contribution >= 0.6 is 0 Å². The van der Waals surface area contributed by atoms with Gasteiger partial charge < -0.3 is 5.32 Å². The first-order valence-corrected chi connectivity index (χ1v) is 9.15. The molecule has 0 aliphatic carbocycles. The minimum absolute atomic E-state index is 0.0166. The first-order chi connectivity index (χ1) is 13.7. The standard InChI is InChI=1S/C24H19FN2O/c25-21-14-8-7-13-19(21)24(28)27-23-16-20(18-11-5-2-6-12-18)22(26-23)15-17-9-3-1-4-10-17/h1-14H,15-16H2,(H,26,27,28). The third-order valence-corrected chi connectivity index (χ3v) is 4.68. The highest BCUT2D eigenvalue weighted by Crippen LogP contribution is 2.31. The fourth-order valence-corrected chi connectivity index (χ4v) is 3.30. The topological polar surface area (TPSA) is 41.5 Å². The predicted octanol–water partition coefficient (Wildman–Crippen LogP) is 5.01. The maximum absolute atomic E-state index is 13.9. The van der Waals surface area contributed by atoms with Crippen molar-refractivity contribution < 1.29 is 9.18 Å². The lowest BCUT2D eigenvalue weighted by Crippen LogP contribution is -2.30. The maximum atomic E-state index is 13.9. The normalized spacial score (nSPS) is 13.4. The summed E-state index contributed by atoms with van der Waals surface area (Å²) in [5, 5.41) is 2.78. The molecule has 0 aromatic heterocycles. The quantitative estimate of drug-likeness (QED) is 0.689. The van der Waals surface area contributed by atoms with Crippen LogP contribution in [-0.2, 0) is 6.42 Å². The molecule has 28 heavy (non-hydrogen) atoms. The summed E-state index contributed by atoms with van der Waals surface area (Å²) in [4.78, 5) is 17.2. The SMILES string of the molecule is O=C(NC1=NC(Cc2ccccc2)=C(c2ccccc2)C1)c1ccccc1F. The van der Waals surface area contributed by atoms with Gasteiger partial charge in [0.25, 0.3) is 5.91 Å². The number of halogens is 1. The van der Waals surface area contributed by atoms with Crippen LogP contribution in [0, 0.1) is 5.82 Å². The number of rotatable bonds is 4. The smallest absolute Gasteiger partial charge is 0.259 e. The van der Waals surface area contributed by atoms with E-state index in [1.54, 1.807) is 12.1 Å². The molecule has 3 nitrogen and oxygen atoms in total. The Morgan fingerprint density at radius 1 is 0.893 bits per heavy atom. The van der Waals surface area contributed by atoms with E-state index in [0.29, 0.717) is 18.7 Å². The summed E-state index contributed by atoms with van der Waals surface area (Å²) in [6.45, 7) is 0. The molecule has 0 bridgehead atoms. The van der Waals surface area contributed by atoms with Crippen LogP contribution in [0.2, 0.25) is 0 Å². The van der Waals surface area contributed by atoms with Gasteiger partial charge >= 0.3 is 0 Å². The number of carbonyl (C=O) groups excluding carboxylic acids is 1. The van der Waals surface area contributed by atoms with Gasteiger partial charge in [0.2, 0.25) is 0 Å². The summed E-state index contributed by atoms with van der Waals surface area (Å²) < 4.78 is 13.9. The second kappa shape index (κ2) is 8.01. The van der Waals surface area contributed by atoms with Crippen LogP contribution in [0.15, 0.2) is 95.6 Å². The van der Waals surface area contributed by atoms with Gasteiger partial charge in [0, 0.05) is 12.8 Å². The van der Waals surface area contributed by atoms with Crippen molar-refractivity contribution in [3.05, 3.63) is 113 Å². The Hall–Kier alpha value is -3.53. The summed E-state index contributed by atoms with van der Waals surface area (Å²) in [6.07, 6.45) is 1.18. The number of aliphatic imine (C=N–C) groups is 1. The summed E-state index contributed by atoms with van der Waals surface area (Å²) in [5.41, 5.74) is 4.24. The lowest BCUT2D eigenvalue weighted by molar-refractivity contribution is 0.0973. The van der Waals surface area contributed by atoms with Crippen LogP contribution in [0.4, 0.5) is 4.39 Å². The summed E-state index contributed by atoms with van der Waals surface area (Å²) in [5.74, 6) is -0.484. The van der Waals surface area contributed by atoms with E-state index in [-0.39, 0.29) is 5.56 Å². The highest BCUT2D eigenvalue weighted by atomic mass is 19.1.